The summed E-state index contributed by atoms with van der Waals surface area (Å²) in [6, 6.07) is 8.68. The number of nitrogens with one attached hydrogen (secondary N) is 1. The fourth-order valence-corrected chi connectivity index (χ4v) is 3.17. The molecule has 0 fully saturated rings. The number of carboxylic acids is 1. The summed E-state index contributed by atoms with van der Waals surface area (Å²) in [6.45, 7) is 0.0495. The van der Waals surface area contributed by atoms with Crippen molar-refractivity contribution in [1.29, 1.82) is 0 Å². The first-order valence-electron chi connectivity index (χ1n) is 7.95. The summed E-state index contributed by atoms with van der Waals surface area (Å²) < 4.78 is 0. The van der Waals surface area contributed by atoms with E-state index in [-0.39, 0.29) is 19.4 Å². The third-order valence-corrected chi connectivity index (χ3v) is 4.32. The molecule has 4 rings (SSSR count). The zero-order chi connectivity index (χ0) is 18.3. The number of carbonyl (C=O) groups excluding carboxylic acids is 2. The molecule has 1 aliphatic heterocycles. The number of nitrogens with zero attached hydrogens (tertiary/aromatic N) is 4. The Morgan fingerprint density at radius 3 is 2.69 bits per heavy atom. The quantitative estimate of drug-likeness (QED) is 0.666. The van der Waals surface area contributed by atoms with Gasteiger partial charge in [-0.3, -0.25) is 19.3 Å². The first-order chi connectivity index (χ1) is 12.6. The van der Waals surface area contributed by atoms with Gasteiger partial charge in [0, 0.05) is 35.0 Å². The van der Waals surface area contributed by atoms with E-state index in [0.29, 0.717) is 27.9 Å². The number of rotatable bonds is 5. The Labute approximate surface area is 146 Å². The van der Waals surface area contributed by atoms with Crippen molar-refractivity contribution < 1.29 is 19.5 Å². The van der Waals surface area contributed by atoms with E-state index in [2.05, 4.69) is 20.6 Å². The SMILES string of the molecule is O=C(O)CCCN1C(=O)c2cccc3cc(-c4nnn[nH]4)cc(c23)C1=O. The van der Waals surface area contributed by atoms with Crippen LogP contribution < -0.4 is 0 Å². The van der Waals surface area contributed by atoms with Crippen molar-refractivity contribution in [2.75, 3.05) is 6.54 Å². The number of benzene rings is 2. The predicted octanol–water partition coefficient (Wildman–Crippen LogP) is 1.48. The van der Waals surface area contributed by atoms with Crippen molar-refractivity contribution in [2.24, 2.45) is 0 Å². The average Bonchev–Trinajstić information content (AvgIpc) is 3.16. The number of H-pyrrole nitrogens is 1. The number of aromatic nitrogens is 4. The van der Waals surface area contributed by atoms with Crippen LogP contribution in [-0.4, -0.2) is 55.0 Å². The summed E-state index contributed by atoms with van der Waals surface area (Å²) in [5.74, 6) is -1.41. The van der Waals surface area contributed by atoms with Crippen LogP contribution in [0.4, 0.5) is 0 Å². The Bertz CT molecular complexity index is 1040. The van der Waals surface area contributed by atoms with Crippen LogP contribution in [0.2, 0.25) is 0 Å². The first-order valence-corrected chi connectivity index (χ1v) is 7.95. The second-order valence-corrected chi connectivity index (χ2v) is 5.94. The van der Waals surface area contributed by atoms with Crippen LogP contribution in [0.25, 0.3) is 22.2 Å². The third-order valence-electron chi connectivity index (χ3n) is 4.32. The second kappa shape index (κ2) is 6.03. The number of carbonyl (C=O) groups is 3. The molecule has 2 aromatic carbocycles. The van der Waals surface area contributed by atoms with Gasteiger partial charge in [0.25, 0.3) is 11.8 Å². The van der Waals surface area contributed by atoms with Gasteiger partial charge in [0.15, 0.2) is 5.82 Å². The van der Waals surface area contributed by atoms with Crippen LogP contribution >= 0.6 is 0 Å². The van der Waals surface area contributed by atoms with Gasteiger partial charge in [-0.15, -0.1) is 5.10 Å². The lowest BCUT2D eigenvalue weighted by atomic mass is 9.92. The number of aliphatic carboxylic acids is 1. The van der Waals surface area contributed by atoms with Crippen LogP contribution in [0, 0.1) is 0 Å². The van der Waals surface area contributed by atoms with Crippen LogP contribution in [-0.2, 0) is 4.79 Å². The fourth-order valence-electron chi connectivity index (χ4n) is 3.17. The fraction of sp³-hybridized carbons (Fsp3) is 0.176. The molecule has 2 N–H and O–H groups in total. The van der Waals surface area contributed by atoms with Gasteiger partial charge in [-0.1, -0.05) is 12.1 Å². The smallest absolute Gasteiger partial charge is 0.303 e. The molecule has 1 aromatic heterocycles. The minimum Gasteiger partial charge on any atom is -0.481 e. The van der Waals surface area contributed by atoms with E-state index in [4.69, 9.17) is 5.11 Å². The standard InChI is InChI=1S/C17H13N5O4/c23-13(24)5-2-6-22-16(25)11-4-1-3-9-7-10(15-18-20-21-19-15)8-12(14(9)11)17(22)26/h1,3-4,7-8H,2,5-6H2,(H,23,24)(H,18,19,20,21). The Morgan fingerprint density at radius 2 is 1.96 bits per heavy atom. The molecule has 0 spiro atoms. The van der Waals surface area contributed by atoms with E-state index >= 15 is 0 Å². The Balaban J connectivity index is 1.82. The van der Waals surface area contributed by atoms with Crippen LogP contribution in [0.3, 0.4) is 0 Å². The molecule has 0 atom stereocenters. The molecule has 26 heavy (non-hydrogen) atoms. The molecule has 0 saturated carbocycles. The van der Waals surface area contributed by atoms with E-state index in [1.54, 1.807) is 18.2 Å². The van der Waals surface area contributed by atoms with Gasteiger partial charge in [-0.05, 0) is 40.4 Å². The normalized spacial score (nSPS) is 13.5. The first kappa shape index (κ1) is 15.9. The lowest BCUT2D eigenvalue weighted by Crippen LogP contribution is -2.41. The van der Waals surface area contributed by atoms with Crippen molar-refractivity contribution in [3.8, 4) is 11.4 Å². The summed E-state index contributed by atoms with van der Waals surface area (Å²) in [5.41, 5.74) is 1.43. The number of carboxylic acid groups (broad SMARTS) is 1. The van der Waals surface area contributed by atoms with Gasteiger partial charge in [-0.25, -0.2) is 5.10 Å². The van der Waals surface area contributed by atoms with Crippen molar-refractivity contribution in [2.45, 2.75) is 12.8 Å². The van der Waals surface area contributed by atoms with Crippen molar-refractivity contribution in [3.63, 3.8) is 0 Å². The van der Waals surface area contributed by atoms with Crippen LogP contribution in [0.15, 0.2) is 30.3 Å². The van der Waals surface area contributed by atoms with E-state index in [1.807, 2.05) is 12.1 Å². The van der Waals surface area contributed by atoms with Gasteiger partial charge in [0.1, 0.15) is 0 Å². The average molecular weight is 351 g/mol. The summed E-state index contributed by atoms with van der Waals surface area (Å²) in [7, 11) is 0. The molecule has 2 heterocycles. The van der Waals surface area contributed by atoms with E-state index in [0.717, 1.165) is 10.3 Å². The van der Waals surface area contributed by atoms with Gasteiger partial charge in [0.05, 0.1) is 0 Å². The van der Waals surface area contributed by atoms with Gasteiger partial charge in [0.2, 0.25) is 0 Å². The number of hydrogen-bond acceptors (Lipinski definition) is 6. The summed E-state index contributed by atoms with van der Waals surface area (Å²) in [5, 5.41) is 23.7. The number of imide groups is 1. The van der Waals surface area contributed by atoms with Crippen molar-refractivity contribution in [3.05, 3.63) is 41.5 Å². The molecular formula is C17H13N5O4. The lowest BCUT2D eigenvalue weighted by molar-refractivity contribution is -0.137. The molecular weight excluding hydrogens is 338 g/mol. The predicted molar refractivity (Wildman–Crippen MR) is 89.4 cm³/mol. The molecule has 0 aliphatic carbocycles. The highest BCUT2D eigenvalue weighted by molar-refractivity contribution is 6.26. The molecule has 3 aromatic rings. The summed E-state index contributed by atoms with van der Waals surface area (Å²) in [6.07, 6.45) is 0.0850. The van der Waals surface area contributed by atoms with Crippen LogP contribution in [0.1, 0.15) is 33.6 Å². The lowest BCUT2D eigenvalue weighted by Gasteiger charge is -2.27. The minimum atomic E-state index is -0.968. The highest BCUT2D eigenvalue weighted by Crippen LogP contribution is 2.33. The molecule has 0 radical (unpaired) electrons. The zero-order valence-corrected chi connectivity index (χ0v) is 13.5. The summed E-state index contributed by atoms with van der Waals surface area (Å²) in [4.78, 5) is 37.5. The Morgan fingerprint density at radius 1 is 1.15 bits per heavy atom. The topological polar surface area (TPSA) is 129 Å². The molecule has 0 bridgehead atoms. The molecule has 9 nitrogen and oxygen atoms in total. The maximum Gasteiger partial charge on any atom is 0.303 e. The Kier molecular flexibility index (Phi) is 3.68. The molecule has 0 unspecified atom stereocenters. The second-order valence-electron chi connectivity index (χ2n) is 5.94. The van der Waals surface area contributed by atoms with Gasteiger partial charge < -0.3 is 5.11 Å². The minimum absolute atomic E-state index is 0.0495. The largest absolute Gasteiger partial charge is 0.481 e. The van der Waals surface area contributed by atoms with E-state index < -0.39 is 17.8 Å². The van der Waals surface area contributed by atoms with Crippen LogP contribution in [0.5, 0.6) is 0 Å². The molecule has 130 valence electrons. The molecule has 2 amide bonds. The number of amides is 2. The van der Waals surface area contributed by atoms with Gasteiger partial charge >= 0.3 is 5.97 Å². The monoisotopic (exact) mass is 351 g/mol. The highest BCUT2D eigenvalue weighted by atomic mass is 16.4. The number of hydrogen-bond donors (Lipinski definition) is 2. The Hall–Kier alpha value is -3.62. The third kappa shape index (κ3) is 2.50. The van der Waals surface area contributed by atoms with E-state index in [9.17, 15) is 14.4 Å². The van der Waals surface area contributed by atoms with Crippen molar-refractivity contribution >= 4 is 28.6 Å². The maximum atomic E-state index is 12.9. The molecule has 9 heteroatoms. The molecule has 0 saturated heterocycles. The number of tetrazole rings is 1. The van der Waals surface area contributed by atoms with Gasteiger partial charge in [-0.2, -0.15) is 0 Å². The molecule has 1 aliphatic rings. The zero-order valence-electron chi connectivity index (χ0n) is 13.5. The number of aromatic amines is 1. The van der Waals surface area contributed by atoms with Crippen molar-refractivity contribution in [1.82, 2.24) is 25.5 Å². The maximum absolute atomic E-state index is 12.9. The highest BCUT2D eigenvalue weighted by Gasteiger charge is 2.33. The summed E-state index contributed by atoms with van der Waals surface area (Å²) >= 11 is 0. The van der Waals surface area contributed by atoms with E-state index in [1.165, 1.54) is 0 Å².